The number of hydrogen-bond acceptors (Lipinski definition) is 5. The molecule has 0 fully saturated rings. The summed E-state index contributed by atoms with van der Waals surface area (Å²) in [6.45, 7) is 6.22. The lowest BCUT2D eigenvalue weighted by Gasteiger charge is -2.19. The van der Waals surface area contributed by atoms with Crippen molar-refractivity contribution in [1.82, 2.24) is 0 Å². The van der Waals surface area contributed by atoms with Crippen molar-refractivity contribution < 1.29 is 27.8 Å². The van der Waals surface area contributed by atoms with E-state index in [1.54, 1.807) is 27.7 Å². The molecule has 1 aromatic rings. The van der Waals surface area contributed by atoms with Gasteiger partial charge in [0, 0.05) is 5.56 Å². The van der Waals surface area contributed by atoms with E-state index in [4.69, 9.17) is 14.7 Å². The van der Waals surface area contributed by atoms with Crippen molar-refractivity contribution in [3.63, 3.8) is 0 Å². The largest absolute Gasteiger partial charge is 0.462 e. The van der Waals surface area contributed by atoms with Crippen LogP contribution in [0, 0.1) is 23.0 Å². The summed E-state index contributed by atoms with van der Waals surface area (Å²) < 4.78 is 37.8. The SMILES string of the molecule is CC(C)OC(=O)C(C(=O)OC(C)C)c1ccc(C#N)c(F)c1F. The van der Waals surface area contributed by atoms with Crippen LogP contribution in [-0.2, 0) is 19.1 Å². The number of ether oxygens (including phenoxy) is 2. The topological polar surface area (TPSA) is 76.4 Å². The van der Waals surface area contributed by atoms with Gasteiger partial charge in [-0.3, -0.25) is 9.59 Å². The molecule has 1 aromatic carbocycles. The van der Waals surface area contributed by atoms with Crippen LogP contribution in [0.25, 0.3) is 0 Å². The highest BCUT2D eigenvalue weighted by molar-refractivity contribution is 6.01. The lowest BCUT2D eigenvalue weighted by molar-refractivity contribution is -0.161. The number of nitrogens with zero attached hydrogens (tertiary/aromatic N) is 1. The fourth-order valence-corrected chi connectivity index (χ4v) is 1.82. The molecule has 124 valence electrons. The minimum absolute atomic E-state index is 0.528. The smallest absolute Gasteiger partial charge is 0.325 e. The maximum Gasteiger partial charge on any atom is 0.325 e. The Balaban J connectivity index is 3.35. The van der Waals surface area contributed by atoms with Gasteiger partial charge in [0.25, 0.3) is 0 Å². The molecule has 0 bridgehead atoms. The van der Waals surface area contributed by atoms with Crippen LogP contribution in [-0.4, -0.2) is 24.1 Å². The van der Waals surface area contributed by atoms with E-state index in [-0.39, 0.29) is 0 Å². The normalized spacial score (nSPS) is 10.8. The van der Waals surface area contributed by atoms with Crippen LogP contribution in [0.15, 0.2) is 12.1 Å². The summed E-state index contributed by atoms with van der Waals surface area (Å²) in [5.74, 6) is -6.73. The summed E-state index contributed by atoms with van der Waals surface area (Å²) in [7, 11) is 0. The molecule has 0 saturated carbocycles. The third-order valence-corrected chi connectivity index (χ3v) is 2.72. The third kappa shape index (κ3) is 4.49. The van der Waals surface area contributed by atoms with E-state index in [2.05, 4.69) is 0 Å². The number of esters is 2. The molecule has 7 heteroatoms. The Kier molecular flexibility index (Phi) is 6.19. The van der Waals surface area contributed by atoms with Crippen molar-refractivity contribution >= 4 is 11.9 Å². The predicted octanol–water partition coefficient (Wildman–Crippen LogP) is 2.82. The van der Waals surface area contributed by atoms with Crippen LogP contribution in [0.2, 0.25) is 0 Å². The first kappa shape index (κ1) is 18.6. The second-order valence-corrected chi connectivity index (χ2v) is 5.35. The molecular weight excluding hydrogens is 308 g/mol. The van der Waals surface area contributed by atoms with Gasteiger partial charge in [0.1, 0.15) is 6.07 Å². The molecule has 5 nitrogen and oxygen atoms in total. The van der Waals surface area contributed by atoms with E-state index in [0.717, 1.165) is 12.1 Å². The first-order valence-electron chi connectivity index (χ1n) is 6.98. The molecule has 0 radical (unpaired) electrons. The van der Waals surface area contributed by atoms with E-state index in [1.807, 2.05) is 0 Å². The molecule has 0 saturated heterocycles. The predicted molar refractivity (Wildman–Crippen MR) is 76.3 cm³/mol. The molecule has 23 heavy (non-hydrogen) atoms. The molecule has 0 aliphatic heterocycles. The first-order valence-corrected chi connectivity index (χ1v) is 6.98. The van der Waals surface area contributed by atoms with Gasteiger partial charge in [0.05, 0.1) is 17.8 Å². The van der Waals surface area contributed by atoms with Crippen molar-refractivity contribution in [3.05, 3.63) is 34.9 Å². The first-order chi connectivity index (χ1) is 10.7. The molecule has 0 amide bonds. The zero-order valence-electron chi connectivity index (χ0n) is 13.2. The number of rotatable bonds is 5. The van der Waals surface area contributed by atoms with Gasteiger partial charge in [-0.25, -0.2) is 8.78 Å². The maximum atomic E-state index is 14.2. The van der Waals surface area contributed by atoms with Gasteiger partial charge in [0.2, 0.25) is 0 Å². The summed E-state index contributed by atoms with van der Waals surface area (Å²) in [6, 6.07) is 3.47. The lowest BCUT2D eigenvalue weighted by atomic mass is 9.97. The van der Waals surface area contributed by atoms with E-state index < -0.39 is 52.8 Å². The van der Waals surface area contributed by atoms with Crippen molar-refractivity contribution in [3.8, 4) is 6.07 Å². The molecule has 1 rings (SSSR count). The maximum absolute atomic E-state index is 14.2. The van der Waals surface area contributed by atoms with Crippen LogP contribution in [0.5, 0.6) is 0 Å². The van der Waals surface area contributed by atoms with E-state index >= 15 is 0 Å². The van der Waals surface area contributed by atoms with Crippen molar-refractivity contribution in [2.75, 3.05) is 0 Å². The molecule has 0 aliphatic carbocycles. The fraction of sp³-hybridized carbons (Fsp3) is 0.438. The van der Waals surface area contributed by atoms with Gasteiger partial charge in [-0.2, -0.15) is 5.26 Å². The molecule has 0 atom stereocenters. The average molecular weight is 325 g/mol. The Morgan fingerprint density at radius 3 is 1.87 bits per heavy atom. The average Bonchev–Trinajstić information content (AvgIpc) is 2.42. The van der Waals surface area contributed by atoms with Crippen molar-refractivity contribution in [2.45, 2.75) is 45.8 Å². The van der Waals surface area contributed by atoms with Gasteiger partial charge < -0.3 is 9.47 Å². The quantitative estimate of drug-likeness (QED) is 0.614. The minimum atomic E-state index is -1.76. The highest BCUT2D eigenvalue weighted by Gasteiger charge is 2.36. The number of carbonyl (C=O) groups excluding carboxylic acids is 2. The van der Waals surface area contributed by atoms with Crippen LogP contribution >= 0.6 is 0 Å². The van der Waals surface area contributed by atoms with Crippen LogP contribution in [0.4, 0.5) is 8.78 Å². The Bertz CT molecular complexity index is 628. The number of halogens is 2. The summed E-state index contributed by atoms with van der Waals surface area (Å²) in [5.41, 5.74) is -1.06. The number of carbonyl (C=O) groups is 2. The molecule has 0 aliphatic rings. The summed E-state index contributed by atoms with van der Waals surface area (Å²) in [4.78, 5) is 24.2. The lowest BCUT2D eigenvalue weighted by Crippen LogP contribution is -2.30. The number of hydrogen-bond donors (Lipinski definition) is 0. The highest BCUT2D eigenvalue weighted by Crippen LogP contribution is 2.26. The molecule has 0 spiro atoms. The van der Waals surface area contributed by atoms with Gasteiger partial charge in [-0.05, 0) is 33.8 Å². The number of benzene rings is 1. The van der Waals surface area contributed by atoms with Gasteiger partial charge in [0.15, 0.2) is 17.6 Å². The zero-order chi connectivity index (χ0) is 17.7. The van der Waals surface area contributed by atoms with Gasteiger partial charge in [-0.1, -0.05) is 6.07 Å². The van der Waals surface area contributed by atoms with E-state index in [0.29, 0.717) is 0 Å². The van der Waals surface area contributed by atoms with Crippen LogP contribution in [0.1, 0.15) is 44.7 Å². The standard InChI is InChI=1S/C16H17F2NO4/c1-8(2)22-15(20)12(16(21)23-9(3)4)11-6-5-10(7-19)13(17)14(11)18/h5-6,8-9,12H,1-4H3. The van der Waals surface area contributed by atoms with Crippen LogP contribution in [0.3, 0.4) is 0 Å². The molecule has 0 unspecified atom stereocenters. The Morgan fingerprint density at radius 1 is 1.00 bits per heavy atom. The van der Waals surface area contributed by atoms with Crippen molar-refractivity contribution in [2.24, 2.45) is 0 Å². The Labute approximate surface area is 132 Å². The summed E-state index contributed by atoms with van der Waals surface area (Å²) in [6.07, 6.45) is -1.11. The second-order valence-electron chi connectivity index (χ2n) is 5.35. The minimum Gasteiger partial charge on any atom is -0.462 e. The van der Waals surface area contributed by atoms with E-state index in [1.165, 1.54) is 6.07 Å². The zero-order valence-corrected chi connectivity index (χ0v) is 13.2. The number of nitriles is 1. The van der Waals surface area contributed by atoms with Gasteiger partial charge >= 0.3 is 11.9 Å². The van der Waals surface area contributed by atoms with E-state index in [9.17, 15) is 18.4 Å². The molecule has 0 heterocycles. The Hall–Kier alpha value is -2.49. The molecule has 0 N–H and O–H groups in total. The molecule has 0 aromatic heterocycles. The summed E-state index contributed by atoms with van der Waals surface area (Å²) >= 11 is 0. The highest BCUT2D eigenvalue weighted by atomic mass is 19.2. The summed E-state index contributed by atoms with van der Waals surface area (Å²) in [5, 5.41) is 8.69. The van der Waals surface area contributed by atoms with Crippen molar-refractivity contribution in [1.29, 1.82) is 5.26 Å². The van der Waals surface area contributed by atoms with Crippen LogP contribution < -0.4 is 0 Å². The third-order valence-electron chi connectivity index (χ3n) is 2.72. The van der Waals surface area contributed by atoms with Gasteiger partial charge in [-0.15, -0.1) is 0 Å². The Morgan fingerprint density at radius 2 is 1.48 bits per heavy atom. The fourth-order valence-electron chi connectivity index (χ4n) is 1.82. The molecular formula is C16H17F2NO4. The second kappa shape index (κ2) is 7.68. The monoisotopic (exact) mass is 325 g/mol.